The monoisotopic (exact) mass is 310 g/mol. The van der Waals surface area contributed by atoms with Gasteiger partial charge in [0.25, 0.3) is 0 Å². The number of ether oxygens (including phenoxy) is 1. The molecule has 1 fully saturated rings. The van der Waals surface area contributed by atoms with Crippen molar-refractivity contribution in [3.63, 3.8) is 0 Å². The van der Waals surface area contributed by atoms with Crippen LogP contribution < -0.4 is 4.74 Å². The Balaban J connectivity index is 1.59. The third-order valence-corrected chi connectivity index (χ3v) is 4.53. The van der Waals surface area contributed by atoms with E-state index in [4.69, 9.17) is 4.74 Å². The lowest BCUT2D eigenvalue weighted by molar-refractivity contribution is -0.131. The van der Waals surface area contributed by atoms with Crippen molar-refractivity contribution in [2.75, 3.05) is 20.2 Å². The quantitative estimate of drug-likeness (QED) is 0.871. The first-order valence-electron chi connectivity index (χ1n) is 8.07. The number of benzene rings is 1. The Morgan fingerprint density at radius 1 is 1.17 bits per heavy atom. The minimum atomic E-state index is 0.203. The highest BCUT2D eigenvalue weighted by Gasteiger charge is 2.25. The Morgan fingerprint density at radius 3 is 2.57 bits per heavy atom. The molecule has 120 valence electrons. The molecule has 1 saturated heterocycles. The van der Waals surface area contributed by atoms with E-state index >= 15 is 0 Å². The number of aromatic nitrogens is 1. The number of nitrogens with zero attached hydrogens (tertiary/aromatic N) is 2. The zero-order valence-corrected chi connectivity index (χ0v) is 13.4. The molecule has 0 N–H and O–H groups in total. The van der Waals surface area contributed by atoms with E-state index in [1.807, 2.05) is 29.2 Å². The summed E-state index contributed by atoms with van der Waals surface area (Å²) < 4.78 is 5.47. The molecule has 0 bridgehead atoms. The lowest BCUT2D eigenvalue weighted by Crippen LogP contribution is -2.38. The van der Waals surface area contributed by atoms with E-state index in [-0.39, 0.29) is 5.91 Å². The van der Waals surface area contributed by atoms with Crippen LogP contribution in [0, 0.1) is 0 Å². The SMILES string of the molecule is COc1ccccc1C1CCN(C(=O)Cc2ccncc2)CC1. The fourth-order valence-corrected chi connectivity index (χ4v) is 3.23. The summed E-state index contributed by atoms with van der Waals surface area (Å²) in [4.78, 5) is 18.4. The van der Waals surface area contributed by atoms with E-state index in [0.29, 0.717) is 12.3 Å². The average Bonchev–Trinajstić information content (AvgIpc) is 2.62. The minimum absolute atomic E-state index is 0.203. The zero-order valence-electron chi connectivity index (χ0n) is 13.4. The second-order valence-electron chi connectivity index (χ2n) is 5.93. The maximum Gasteiger partial charge on any atom is 0.226 e. The molecule has 1 amide bonds. The molecule has 2 aromatic rings. The fourth-order valence-electron chi connectivity index (χ4n) is 3.23. The Bertz CT molecular complexity index is 649. The van der Waals surface area contributed by atoms with E-state index in [1.54, 1.807) is 19.5 Å². The highest BCUT2D eigenvalue weighted by molar-refractivity contribution is 5.78. The van der Waals surface area contributed by atoms with Gasteiger partial charge in [0.05, 0.1) is 13.5 Å². The fraction of sp³-hybridized carbons (Fsp3) is 0.368. The number of likely N-dealkylation sites (tertiary alicyclic amines) is 1. The normalized spacial score (nSPS) is 15.4. The Hall–Kier alpha value is -2.36. The third-order valence-electron chi connectivity index (χ3n) is 4.53. The second kappa shape index (κ2) is 7.27. The first-order valence-corrected chi connectivity index (χ1v) is 8.07. The molecule has 3 rings (SSSR count). The van der Waals surface area contributed by atoms with Crippen molar-refractivity contribution in [1.82, 2.24) is 9.88 Å². The van der Waals surface area contributed by atoms with Crippen LogP contribution in [0.3, 0.4) is 0 Å². The van der Waals surface area contributed by atoms with Crippen LogP contribution in [0.25, 0.3) is 0 Å². The lowest BCUT2D eigenvalue weighted by atomic mass is 9.88. The first kappa shape index (κ1) is 15.5. The van der Waals surface area contributed by atoms with Crippen LogP contribution in [0.4, 0.5) is 0 Å². The molecule has 1 aromatic carbocycles. The van der Waals surface area contributed by atoms with E-state index in [9.17, 15) is 4.79 Å². The van der Waals surface area contributed by atoms with Crippen LogP contribution in [0.5, 0.6) is 5.75 Å². The Kier molecular flexibility index (Phi) is 4.91. The van der Waals surface area contributed by atoms with Crippen LogP contribution in [0.2, 0.25) is 0 Å². The number of pyridine rings is 1. The number of amides is 1. The molecule has 0 spiro atoms. The van der Waals surface area contributed by atoms with Gasteiger partial charge in [-0.25, -0.2) is 0 Å². The molecule has 23 heavy (non-hydrogen) atoms. The molecule has 1 aliphatic heterocycles. The molecule has 4 nitrogen and oxygen atoms in total. The lowest BCUT2D eigenvalue weighted by Gasteiger charge is -2.33. The number of carbonyl (C=O) groups excluding carboxylic acids is 1. The second-order valence-corrected chi connectivity index (χ2v) is 5.93. The van der Waals surface area contributed by atoms with Gasteiger partial charge in [0, 0.05) is 25.5 Å². The Morgan fingerprint density at radius 2 is 1.87 bits per heavy atom. The summed E-state index contributed by atoms with van der Waals surface area (Å²) in [5.41, 5.74) is 2.29. The molecule has 0 saturated carbocycles. The van der Waals surface area contributed by atoms with E-state index in [1.165, 1.54) is 5.56 Å². The van der Waals surface area contributed by atoms with Crippen molar-refractivity contribution >= 4 is 5.91 Å². The number of piperidine rings is 1. The number of para-hydroxylation sites is 1. The van der Waals surface area contributed by atoms with Gasteiger partial charge >= 0.3 is 0 Å². The van der Waals surface area contributed by atoms with Gasteiger partial charge < -0.3 is 9.64 Å². The summed E-state index contributed by atoms with van der Waals surface area (Å²) in [5, 5.41) is 0. The van der Waals surface area contributed by atoms with Crippen molar-refractivity contribution < 1.29 is 9.53 Å². The molecular formula is C19H22N2O2. The zero-order chi connectivity index (χ0) is 16.1. The maximum absolute atomic E-state index is 12.4. The van der Waals surface area contributed by atoms with E-state index < -0.39 is 0 Å². The summed E-state index contributed by atoms with van der Waals surface area (Å²) in [6, 6.07) is 12.0. The minimum Gasteiger partial charge on any atom is -0.496 e. The predicted octanol–water partition coefficient (Wildman–Crippen LogP) is 3.04. The smallest absolute Gasteiger partial charge is 0.226 e. The van der Waals surface area contributed by atoms with Crippen molar-refractivity contribution in [1.29, 1.82) is 0 Å². The van der Waals surface area contributed by atoms with Gasteiger partial charge in [0.2, 0.25) is 5.91 Å². The van der Waals surface area contributed by atoms with Crippen LogP contribution >= 0.6 is 0 Å². The van der Waals surface area contributed by atoms with Crippen LogP contribution in [-0.4, -0.2) is 36.0 Å². The molecule has 1 aromatic heterocycles. The van der Waals surface area contributed by atoms with Gasteiger partial charge in [-0.1, -0.05) is 18.2 Å². The van der Waals surface area contributed by atoms with Crippen molar-refractivity contribution in [3.05, 3.63) is 59.9 Å². The number of carbonyl (C=O) groups is 1. The summed E-state index contributed by atoms with van der Waals surface area (Å²) in [6.07, 6.45) is 5.90. The van der Waals surface area contributed by atoms with Gasteiger partial charge in [0.1, 0.15) is 5.75 Å². The molecule has 0 unspecified atom stereocenters. The summed E-state index contributed by atoms with van der Waals surface area (Å²) in [7, 11) is 1.71. The molecule has 0 atom stereocenters. The molecule has 0 radical (unpaired) electrons. The predicted molar refractivity (Wildman–Crippen MR) is 89.5 cm³/mol. The van der Waals surface area contributed by atoms with Gasteiger partial charge in [-0.05, 0) is 48.1 Å². The third kappa shape index (κ3) is 3.70. The summed E-state index contributed by atoms with van der Waals surface area (Å²) >= 11 is 0. The summed E-state index contributed by atoms with van der Waals surface area (Å²) in [6.45, 7) is 1.62. The number of hydrogen-bond acceptors (Lipinski definition) is 3. The van der Waals surface area contributed by atoms with E-state index in [0.717, 1.165) is 37.2 Å². The topological polar surface area (TPSA) is 42.4 Å². The number of rotatable bonds is 4. The molecular weight excluding hydrogens is 288 g/mol. The maximum atomic E-state index is 12.4. The Labute approximate surface area is 137 Å². The molecule has 0 aliphatic carbocycles. The first-order chi connectivity index (χ1) is 11.3. The molecule has 1 aliphatic rings. The highest BCUT2D eigenvalue weighted by atomic mass is 16.5. The van der Waals surface area contributed by atoms with E-state index in [2.05, 4.69) is 17.1 Å². The van der Waals surface area contributed by atoms with Gasteiger partial charge in [-0.3, -0.25) is 9.78 Å². The van der Waals surface area contributed by atoms with Crippen LogP contribution in [-0.2, 0) is 11.2 Å². The largest absolute Gasteiger partial charge is 0.496 e. The average molecular weight is 310 g/mol. The van der Waals surface area contributed by atoms with Crippen molar-refractivity contribution in [2.45, 2.75) is 25.2 Å². The van der Waals surface area contributed by atoms with Gasteiger partial charge in [-0.2, -0.15) is 0 Å². The summed E-state index contributed by atoms with van der Waals surface area (Å²) in [5.74, 6) is 1.62. The number of hydrogen-bond donors (Lipinski definition) is 0. The number of methoxy groups -OCH3 is 1. The van der Waals surface area contributed by atoms with Crippen molar-refractivity contribution in [3.8, 4) is 5.75 Å². The van der Waals surface area contributed by atoms with Crippen LogP contribution in [0.1, 0.15) is 29.9 Å². The standard InChI is InChI=1S/C19H22N2O2/c1-23-18-5-3-2-4-17(18)16-8-12-21(13-9-16)19(22)14-15-6-10-20-11-7-15/h2-7,10-11,16H,8-9,12-14H2,1H3. The highest BCUT2D eigenvalue weighted by Crippen LogP contribution is 2.34. The van der Waals surface area contributed by atoms with Gasteiger partial charge in [-0.15, -0.1) is 0 Å². The molecule has 4 heteroatoms. The van der Waals surface area contributed by atoms with Crippen LogP contribution in [0.15, 0.2) is 48.8 Å². The molecule has 2 heterocycles. The van der Waals surface area contributed by atoms with Crippen molar-refractivity contribution in [2.24, 2.45) is 0 Å². The van der Waals surface area contributed by atoms with Gasteiger partial charge in [0.15, 0.2) is 0 Å².